The zero-order chi connectivity index (χ0) is 22.2. The summed E-state index contributed by atoms with van der Waals surface area (Å²) in [7, 11) is 0. The third-order valence-electron chi connectivity index (χ3n) is 5.12. The normalized spacial score (nSPS) is 10.9. The van der Waals surface area contributed by atoms with Gasteiger partial charge in [-0.1, -0.05) is 56.5 Å². The Hall–Kier alpha value is -2.95. The van der Waals surface area contributed by atoms with Gasteiger partial charge < -0.3 is 9.47 Å². The minimum atomic E-state index is -0.889. The van der Waals surface area contributed by atoms with Crippen LogP contribution in [-0.2, 0) is 6.61 Å². The van der Waals surface area contributed by atoms with Gasteiger partial charge in [0.25, 0.3) is 0 Å². The summed E-state index contributed by atoms with van der Waals surface area (Å²) >= 11 is 0. The summed E-state index contributed by atoms with van der Waals surface area (Å²) in [6, 6.07) is 15.0. The molecule has 0 saturated carbocycles. The molecule has 2 nitrogen and oxygen atoms in total. The molecule has 0 aliphatic heterocycles. The maximum absolute atomic E-state index is 14.4. The molecular formula is C26H27F3O2. The van der Waals surface area contributed by atoms with Gasteiger partial charge >= 0.3 is 0 Å². The maximum Gasteiger partial charge on any atom is 0.165 e. The second-order valence-electron chi connectivity index (χ2n) is 7.54. The molecule has 3 aromatic carbocycles. The van der Waals surface area contributed by atoms with Crippen LogP contribution in [0, 0.1) is 24.4 Å². The highest BCUT2D eigenvalue weighted by molar-refractivity contribution is 5.65. The van der Waals surface area contributed by atoms with Crippen LogP contribution in [0.25, 0.3) is 11.1 Å². The van der Waals surface area contributed by atoms with Crippen molar-refractivity contribution in [3.05, 3.63) is 83.2 Å². The summed E-state index contributed by atoms with van der Waals surface area (Å²) in [5, 5.41) is 0. The third-order valence-corrected chi connectivity index (χ3v) is 5.12. The number of ether oxygens (including phenoxy) is 2. The van der Waals surface area contributed by atoms with E-state index < -0.39 is 17.5 Å². The lowest BCUT2D eigenvalue weighted by Crippen LogP contribution is -2.02. The zero-order valence-electron chi connectivity index (χ0n) is 17.9. The SMILES string of the molecule is CCCCCCOc1ccc(-c2ccc(OCc3ccc(C)c(F)c3F)cc2)cc1F. The van der Waals surface area contributed by atoms with Gasteiger partial charge in [-0.15, -0.1) is 0 Å². The molecule has 0 aliphatic rings. The lowest BCUT2D eigenvalue weighted by atomic mass is 10.1. The molecule has 0 fully saturated rings. The molecular weight excluding hydrogens is 401 g/mol. The largest absolute Gasteiger partial charge is 0.491 e. The fourth-order valence-corrected chi connectivity index (χ4v) is 3.21. The van der Waals surface area contributed by atoms with Crippen molar-refractivity contribution in [3.63, 3.8) is 0 Å². The summed E-state index contributed by atoms with van der Waals surface area (Å²) in [6.45, 7) is 4.08. The second kappa shape index (κ2) is 10.9. The number of halogens is 3. The zero-order valence-corrected chi connectivity index (χ0v) is 17.9. The molecule has 3 rings (SSSR count). The van der Waals surface area contributed by atoms with E-state index >= 15 is 0 Å². The molecule has 0 amide bonds. The minimum absolute atomic E-state index is 0.0820. The van der Waals surface area contributed by atoms with Crippen LogP contribution >= 0.6 is 0 Å². The predicted octanol–water partition coefficient (Wildman–Crippen LogP) is 7.62. The second-order valence-corrected chi connectivity index (χ2v) is 7.54. The van der Waals surface area contributed by atoms with E-state index in [1.807, 2.05) is 6.07 Å². The van der Waals surface area contributed by atoms with Crippen molar-refractivity contribution >= 4 is 0 Å². The first kappa shape index (κ1) is 22.7. The van der Waals surface area contributed by atoms with Gasteiger partial charge in [-0.3, -0.25) is 0 Å². The molecule has 0 N–H and O–H groups in total. The number of rotatable bonds is 10. The quantitative estimate of drug-likeness (QED) is 0.309. The standard InChI is InChI=1S/C26H27F3O2/c1-3-4-5-6-15-30-24-14-11-20(16-23(24)27)19-9-12-22(13-10-19)31-17-21-8-7-18(2)25(28)26(21)29/h7-14,16H,3-6,15,17H2,1-2H3. The topological polar surface area (TPSA) is 18.5 Å². The Morgan fingerprint density at radius 3 is 2.19 bits per heavy atom. The first-order valence-electron chi connectivity index (χ1n) is 10.6. The average molecular weight is 428 g/mol. The van der Waals surface area contributed by atoms with Crippen LogP contribution in [-0.4, -0.2) is 6.61 Å². The Morgan fingerprint density at radius 2 is 1.48 bits per heavy atom. The Bertz CT molecular complexity index is 1000. The van der Waals surface area contributed by atoms with E-state index in [9.17, 15) is 13.2 Å². The van der Waals surface area contributed by atoms with Crippen molar-refractivity contribution in [3.8, 4) is 22.6 Å². The number of aryl methyl sites for hydroxylation is 1. The van der Waals surface area contributed by atoms with Gasteiger partial charge in [0.05, 0.1) is 6.61 Å². The fraction of sp³-hybridized carbons (Fsp3) is 0.308. The highest BCUT2D eigenvalue weighted by Crippen LogP contribution is 2.28. The Labute approximate surface area is 181 Å². The minimum Gasteiger partial charge on any atom is -0.491 e. The van der Waals surface area contributed by atoms with Crippen molar-refractivity contribution < 1.29 is 22.6 Å². The molecule has 0 unspecified atom stereocenters. The smallest absolute Gasteiger partial charge is 0.165 e. The highest BCUT2D eigenvalue weighted by Gasteiger charge is 2.12. The summed E-state index contributed by atoms with van der Waals surface area (Å²) in [4.78, 5) is 0. The van der Waals surface area contributed by atoms with E-state index in [-0.39, 0.29) is 23.5 Å². The molecule has 0 radical (unpaired) electrons. The van der Waals surface area contributed by atoms with Crippen LogP contribution in [0.15, 0.2) is 54.6 Å². The van der Waals surface area contributed by atoms with Crippen LogP contribution in [0.5, 0.6) is 11.5 Å². The van der Waals surface area contributed by atoms with Gasteiger partial charge in [0.15, 0.2) is 23.2 Å². The van der Waals surface area contributed by atoms with Crippen LogP contribution < -0.4 is 9.47 Å². The van der Waals surface area contributed by atoms with Gasteiger partial charge in [0.2, 0.25) is 0 Å². The van der Waals surface area contributed by atoms with Crippen LogP contribution in [0.2, 0.25) is 0 Å². The molecule has 0 spiro atoms. The van der Waals surface area contributed by atoms with Crippen LogP contribution in [0.4, 0.5) is 13.2 Å². The molecule has 0 aromatic heterocycles. The first-order chi connectivity index (χ1) is 15.0. The Morgan fingerprint density at radius 1 is 0.742 bits per heavy atom. The van der Waals surface area contributed by atoms with Gasteiger partial charge in [-0.2, -0.15) is 0 Å². The summed E-state index contributed by atoms with van der Waals surface area (Å²) in [5.41, 5.74) is 1.94. The third kappa shape index (κ3) is 6.03. The van der Waals surface area contributed by atoms with Crippen molar-refractivity contribution in [2.45, 2.75) is 46.1 Å². The van der Waals surface area contributed by atoms with E-state index in [1.165, 1.54) is 25.1 Å². The molecule has 3 aromatic rings. The lowest BCUT2D eigenvalue weighted by molar-refractivity contribution is 0.290. The fourth-order valence-electron chi connectivity index (χ4n) is 3.21. The van der Waals surface area contributed by atoms with E-state index in [4.69, 9.17) is 9.47 Å². The molecule has 164 valence electrons. The van der Waals surface area contributed by atoms with E-state index in [2.05, 4.69) is 6.92 Å². The maximum atomic E-state index is 14.4. The van der Waals surface area contributed by atoms with Gasteiger partial charge in [0.1, 0.15) is 12.4 Å². The van der Waals surface area contributed by atoms with Gasteiger partial charge in [0, 0.05) is 5.56 Å². The predicted molar refractivity (Wildman–Crippen MR) is 117 cm³/mol. The number of hydrogen-bond donors (Lipinski definition) is 0. The summed E-state index contributed by atoms with van der Waals surface area (Å²) < 4.78 is 53.1. The molecule has 31 heavy (non-hydrogen) atoms. The molecule has 5 heteroatoms. The van der Waals surface area contributed by atoms with E-state index in [0.717, 1.165) is 31.2 Å². The van der Waals surface area contributed by atoms with Crippen molar-refractivity contribution in [1.82, 2.24) is 0 Å². The molecule has 0 heterocycles. The monoisotopic (exact) mass is 428 g/mol. The number of benzene rings is 3. The lowest BCUT2D eigenvalue weighted by Gasteiger charge is -2.11. The van der Waals surface area contributed by atoms with Gasteiger partial charge in [-0.25, -0.2) is 13.2 Å². The van der Waals surface area contributed by atoms with E-state index in [0.29, 0.717) is 17.9 Å². The summed E-state index contributed by atoms with van der Waals surface area (Å²) in [5.74, 6) is -1.37. The Kier molecular flexibility index (Phi) is 7.99. The molecule has 0 atom stereocenters. The van der Waals surface area contributed by atoms with Crippen LogP contribution in [0.3, 0.4) is 0 Å². The Balaban J connectivity index is 1.59. The average Bonchev–Trinajstić information content (AvgIpc) is 2.78. The summed E-state index contributed by atoms with van der Waals surface area (Å²) in [6.07, 6.45) is 4.29. The van der Waals surface area contributed by atoms with Gasteiger partial charge in [-0.05, 0) is 54.3 Å². The number of unbranched alkanes of at least 4 members (excludes halogenated alkanes) is 3. The molecule has 0 saturated heterocycles. The molecule has 0 bridgehead atoms. The molecule has 0 aliphatic carbocycles. The van der Waals surface area contributed by atoms with Crippen LogP contribution in [0.1, 0.15) is 43.7 Å². The van der Waals surface area contributed by atoms with Crippen molar-refractivity contribution in [2.75, 3.05) is 6.61 Å². The highest BCUT2D eigenvalue weighted by atomic mass is 19.2. The first-order valence-corrected chi connectivity index (χ1v) is 10.6. The van der Waals surface area contributed by atoms with Crippen molar-refractivity contribution in [2.24, 2.45) is 0 Å². The van der Waals surface area contributed by atoms with E-state index in [1.54, 1.807) is 30.3 Å². The van der Waals surface area contributed by atoms with Crippen molar-refractivity contribution in [1.29, 1.82) is 0 Å². The number of hydrogen-bond acceptors (Lipinski definition) is 2.